The second kappa shape index (κ2) is 3.77. The third kappa shape index (κ3) is 1.55. The maximum Gasteiger partial charge on any atom is 0.172 e. The molecule has 3 rings (SSSR count). The van der Waals surface area contributed by atoms with Gasteiger partial charge in [-0.15, -0.1) is 0 Å². The van der Waals surface area contributed by atoms with Crippen LogP contribution in [0.5, 0.6) is 17.2 Å². The van der Waals surface area contributed by atoms with Gasteiger partial charge in [-0.2, -0.15) is 0 Å². The van der Waals surface area contributed by atoms with Crippen molar-refractivity contribution in [2.75, 3.05) is 7.11 Å². The van der Waals surface area contributed by atoms with Crippen LogP contribution < -0.4 is 9.47 Å². The molecule has 17 heavy (non-hydrogen) atoms. The largest absolute Gasteiger partial charge is 0.493 e. The van der Waals surface area contributed by atoms with Crippen LogP contribution in [0.3, 0.4) is 0 Å². The van der Waals surface area contributed by atoms with Gasteiger partial charge in [0.2, 0.25) is 0 Å². The molecule has 1 aliphatic heterocycles. The normalized spacial score (nSPS) is 12.4. The highest BCUT2D eigenvalue weighted by Gasteiger charge is 2.22. The summed E-state index contributed by atoms with van der Waals surface area (Å²) in [5, 5.41) is 0. The van der Waals surface area contributed by atoms with E-state index in [0.29, 0.717) is 29.2 Å². The summed E-state index contributed by atoms with van der Waals surface area (Å²) in [4.78, 5) is 0. The Morgan fingerprint density at radius 2 is 2.00 bits per heavy atom. The first kappa shape index (κ1) is 10.1. The summed E-state index contributed by atoms with van der Waals surface area (Å²) in [5.74, 6) is 1.71. The number of hydrogen-bond donors (Lipinski definition) is 0. The van der Waals surface area contributed by atoms with Crippen molar-refractivity contribution >= 4 is 0 Å². The molecule has 3 heteroatoms. The number of benzene rings is 2. The molecular weight excluding hydrogens is 219 g/mol. The Balaban J connectivity index is 2.14. The van der Waals surface area contributed by atoms with E-state index >= 15 is 0 Å². The first-order valence-corrected chi connectivity index (χ1v) is 5.40. The average Bonchev–Trinajstić information content (AvgIpc) is 2.36. The van der Waals surface area contributed by atoms with Crippen molar-refractivity contribution in [1.82, 2.24) is 0 Å². The van der Waals surface area contributed by atoms with Gasteiger partial charge in [0, 0.05) is 17.5 Å². The van der Waals surface area contributed by atoms with Crippen LogP contribution in [0.2, 0.25) is 0 Å². The Morgan fingerprint density at radius 3 is 2.82 bits per heavy atom. The molecule has 0 aromatic heterocycles. The molecule has 0 saturated heterocycles. The second-order valence-electron chi connectivity index (χ2n) is 3.94. The van der Waals surface area contributed by atoms with Crippen molar-refractivity contribution in [2.45, 2.75) is 6.42 Å². The number of halogens is 1. The van der Waals surface area contributed by atoms with Gasteiger partial charge in [-0.3, -0.25) is 0 Å². The quantitative estimate of drug-likeness (QED) is 0.636. The first-order chi connectivity index (χ1) is 8.29. The Hall–Kier alpha value is -2.03. The number of ether oxygens (including phenoxy) is 2. The van der Waals surface area contributed by atoms with E-state index in [2.05, 4.69) is 0 Å². The van der Waals surface area contributed by atoms with E-state index in [9.17, 15) is 4.39 Å². The molecule has 0 aliphatic carbocycles. The standard InChI is InChI=1S/C14H11FO2/c1-16-13-7-2-4-9-8-10-11(15)5-3-6-12(10)17-14(9)13/h2-7H,8H2,1H3. The molecule has 0 unspecified atom stereocenters. The minimum atomic E-state index is -0.226. The predicted molar refractivity (Wildman–Crippen MR) is 62.3 cm³/mol. The smallest absolute Gasteiger partial charge is 0.172 e. The van der Waals surface area contributed by atoms with Crippen LogP contribution in [-0.4, -0.2) is 7.11 Å². The molecule has 2 nitrogen and oxygen atoms in total. The molecule has 2 aromatic carbocycles. The Labute approximate surface area is 98.6 Å². The molecule has 0 bridgehead atoms. The maximum atomic E-state index is 13.6. The lowest BCUT2D eigenvalue weighted by Crippen LogP contribution is -2.06. The summed E-state index contributed by atoms with van der Waals surface area (Å²) in [7, 11) is 1.60. The summed E-state index contributed by atoms with van der Waals surface area (Å²) >= 11 is 0. The zero-order valence-corrected chi connectivity index (χ0v) is 9.37. The lowest BCUT2D eigenvalue weighted by molar-refractivity contribution is 0.369. The fourth-order valence-corrected chi connectivity index (χ4v) is 2.08. The van der Waals surface area contributed by atoms with E-state index in [1.165, 1.54) is 6.07 Å². The molecule has 2 aromatic rings. The summed E-state index contributed by atoms with van der Waals surface area (Å²) in [6, 6.07) is 10.5. The van der Waals surface area contributed by atoms with Gasteiger partial charge in [-0.1, -0.05) is 18.2 Å². The van der Waals surface area contributed by atoms with E-state index in [1.54, 1.807) is 19.2 Å². The highest BCUT2D eigenvalue weighted by molar-refractivity contribution is 5.56. The van der Waals surface area contributed by atoms with Crippen LogP contribution in [0.25, 0.3) is 0 Å². The Bertz CT molecular complexity index is 578. The fourth-order valence-electron chi connectivity index (χ4n) is 2.08. The number of rotatable bonds is 1. The number of hydrogen-bond acceptors (Lipinski definition) is 2. The van der Waals surface area contributed by atoms with Gasteiger partial charge >= 0.3 is 0 Å². The zero-order valence-electron chi connectivity index (χ0n) is 9.37. The number of fused-ring (bicyclic) bond motifs is 2. The third-order valence-electron chi connectivity index (χ3n) is 2.94. The summed E-state index contributed by atoms with van der Waals surface area (Å²) in [5.41, 5.74) is 1.55. The molecule has 86 valence electrons. The van der Waals surface area contributed by atoms with Gasteiger partial charge in [0.1, 0.15) is 11.6 Å². The van der Waals surface area contributed by atoms with Crippen molar-refractivity contribution in [2.24, 2.45) is 0 Å². The number of methoxy groups -OCH3 is 1. The van der Waals surface area contributed by atoms with Gasteiger partial charge in [0.25, 0.3) is 0 Å². The SMILES string of the molecule is COc1cccc2c1Oc1cccc(F)c1C2. The van der Waals surface area contributed by atoms with Gasteiger partial charge < -0.3 is 9.47 Å². The van der Waals surface area contributed by atoms with Crippen molar-refractivity contribution in [3.8, 4) is 17.2 Å². The summed E-state index contributed by atoms with van der Waals surface area (Å²) in [6.45, 7) is 0. The van der Waals surface area contributed by atoms with Crippen molar-refractivity contribution < 1.29 is 13.9 Å². The summed E-state index contributed by atoms with van der Waals surface area (Å²) in [6.07, 6.45) is 0.536. The molecule has 0 atom stereocenters. The minimum Gasteiger partial charge on any atom is -0.493 e. The van der Waals surface area contributed by atoms with Crippen LogP contribution in [0, 0.1) is 5.82 Å². The molecule has 0 N–H and O–H groups in total. The average molecular weight is 230 g/mol. The van der Waals surface area contributed by atoms with Crippen LogP contribution in [0.4, 0.5) is 4.39 Å². The molecule has 0 radical (unpaired) electrons. The topological polar surface area (TPSA) is 18.5 Å². The van der Waals surface area contributed by atoms with Gasteiger partial charge in [0.05, 0.1) is 7.11 Å². The van der Waals surface area contributed by atoms with E-state index in [0.717, 1.165) is 5.56 Å². The maximum absolute atomic E-state index is 13.6. The highest BCUT2D eigenvalue weighted by Crippen LogP contribution is 2.42. The second-order valence-corrected chi connectivity index (χ2v) is 3.94. The first-order valence-electron chi connectivity index (χ1n) is 5.40. The van der Waals surface area contributed by atoms with E-state index in [-0.39, 0.29) is 5.82 Å². The van der Waals surface area contributed by atoms with E-state index in [1.807, 2.05) is 18.2 Å². The van der Waals surface area contributed by atoms with Gasteiger partial charge in [0.15, 0.2) is 11.5 Å². The van der Waals surface area contributed by atoms with Crippen molar-refractivity contribution in [3.63, 3.8) is 0 Å². The van der Waals surface area contributed by atoms with Crippen LogP contribution in [0.15, 0.2) is 36.4 Å². The molecular formula is C14H11FO2. The molecule has 0 spiro atoms. The van der Waals surface area contributed by atoms with E-state index < -0.39 is 0 Å². The zero-order chi connectivity index (χ0) is 11.8. The van der Waals surface area contributed by atoms with E-state index in [4.69, 9.17) is 9.47 Å². The van der Waals surface area contributed by atoms with Crippen LogP contribution in [-0.2, 0) is 6.42 Å². The summed E-state index contributed by atoms with van der Waals surface area (Å²) < 4.78 is 24.6. The highest BCUT2D eigenvalue weighted by atomic mass is 19.1. The lowest BCUT2D eigenvalue weighted by atomic mass is 9.99. The van der Waals surface area contributed by atoms with Gasteiger partial charge in [-0.05, 0) is 18.2 Å². The number of para-hydroxylation sites is 1. The van der Waals surface area contributed by atoms with Crippen LogP contribution in [0.1, 0.15) is 11.1 Å². The third-order valence-corrected chi connectivity index (χ3v) is 2.94. The van der Waals surface area contributed by atoms with Gasteiger partial charge in [-0.25, -0.2) is 4.39 Å². The predicted octanol–water partition coefficient (Wildman–Crippen LogP) is 3.53. The lowest BCUT2D eigenvalue weighted by Gasteiger charge is -2.22. The Morgan fingerprint density at radius 1 is 1.18 bits per heavy atom. The monoisotopic (exact) mass is 230 g/mol. The molecule has 0 fully saturated rings. The van der Waals surface area contributed by atoms with Crippen molar-refractivity contribution in [1.29, 1.82) is 0 Å². The fraction of sp³-hybridized carbons (Fsp3) is 0.143. The molecule has 1 aliphatic rings. The Kier molecular flexibility index (Phi) is 2.25. The van der Waals surface area contributed by atoms with Crippen LogP contribution >= 0.6 is 0 Å². The molecule has 0 amide bonds. The molecule has 1 heterocycles. The molecule has 0 saturated carbocycles. The minimum absolute atomic E-state index is 0.226. The van der Waals surface area contributed by atoms with Crippen molar-refractivity contribution in [3.05, 3.63) is 53.3 Å².